The number of ether oxygens (including phenoxy) is 3. The van der Waals surface area contributed by atoms with Gasteiger partial charge in [-0.15, -0.1) is 0 Å². The topological polar surface area (TPSA) is 146 Å². The van der Waals surface area contributed by atoms with Gasteiger partial charge >= 0.3 is 0 Å². The highest BCUT2D eigenvalue weighted by atomic mass is 16.7. The Kier molecular flexibility index (Phi) is 6.30. The summed E-state index contributed by atoms with van der Waals surface area (Å²) in [4.78, 5) is 39.5. The number of amides is 1. The second kappa shape index (κ2) is 9.81. The van der Waals surface area contributed by atoms with Gasteiger partial charge in [0.25, 0.3) is 5.56 Å². The molecule has 1 amide bonds. The van der Waals surface area contributed by atoms with Crippen LogP contribution in [-0.4, -0.2) is 47.5 Å². The van der Waals surface area contributed by atoms with Crippen LogP contribution in [0.4, 0.5) is 0 Å². The van der Waals surface area contributed by atoms with Crippen molar-refractivity contribution in [2.24, 2.45) is 11.7 Å². The van der Waals surface area contributed by atoms with Gasteiger partial charge in [0.2, 0.25) is 29.6 Å². The Hall–Kier alpha value is -4.25. The summed E-state index contributed by atoms with van der Waals surface area (Å²) < 4.78 is 24.4. The summed E-state index contributed by atoms with van der Waals surface area (Å²) in [5.41, 5.74) is 6.52. The van der Waals surface area contributed by atoms with Crippen LogP contribution >= 0.6 is 0 Å². The summed E-state index contributed by atoms with van der Waals surface area (Å²) in [6.45, 7) is 2.44. The van der Waals surface area contributed by atoms with E-state index < -0.39 is 23.0 Å². The fourth-order valence-corrected chi connectivity index (χ4v) is 6.13. The maximum absolute atomic E-state index is 12.9. The first-order valence-electron chi connectivity index (χ1n) is 12.8. The third kappa shape index (κ3) is 4.63. The molecule has 2 aromatic heterocycles. The number of methoxy groups -OCH3 is 1. The molecule has 3 atom stereocenters. The van der Waals surface area contributed by atoms with E-state index in [1.807, 2.05) is 10.6 Å². The second-order valence-corrected chi connectivity index (χ2v) is 10.4. The van der Waals surface area contributed by atoms with Gasteiger partial charge in [-0.05, 0) is 36.1 Å². The van der Waals surface area contributed by atoms with Crippen LogP contribution in [-0.2, 0) is 17.9 Å². The zero-order chi connectivity index (χ0) is 27.3. The number of primary amides is 1. The molecule has 1 fully saturated rings. The molecule has 2 bridgehead atoms. The fraction of sp³-hybridized carbons (Fsp3) is 0.393. The van der Waals surface area contributed by atoms with Crippen LogP contribution in [0.15, 0.2) is 50.4 Å². The molecule has 0 radical (unpaired) electrons. The Morgan fingerprint density at radius 1 is 1.18 bits per heavy atom. The number of carbonyl (C=O) groups excluding carboxylic acids is 1. The number of aromatic nitrogens is 1. The van der Waals surface area contributed by atoms with Gasteiger partial charge in [0, 0.05) is 49.8 Å². The summed E-state index contributed by atoms with van der Waals surface area (Å²) in [5.74, 6) is -0.0559. The Balaban J connectivity index is 1.33. The lowest BCUT2D eigenvalue weighted by atomic mass is 9.83. The first-order valence-corrected chi connectivity index (χ1v) is 12.8. The summed E-state index contributed by atoms with van der Waals surface area (Å²) in [7, 11) is 1.48. The molecule has 0 aliphatic carbocycles. The molecule has 1 aromatic carbocycles. The highest BCUT2D eigenvalue weighted by Crippen LogP contribution is 2.45. The molecule has 5 heterocycles. The van der Waals surface area contributed by atoms with Gasteiger partial charge in [-0.1, -0.05) is 6.07 Å². The van der Waals surface area contributed by atoms with Crippen molar-refractivity contribution >= 4 is 5.91 Å². The lowest BCUT2D eigenvalue weighted by Crippen LogP contribution is -2.46. The number of piperidine rings is 1. The van der Waals surface area contributed by atoms with E-state index in [0.717, 1.165) is 18.7 Å². The van der Waals surface area contributed by atoms with Crippen LogP contribution in [0.2, 0.25) is 0 Å². The van der Waals surface area contributed by atoms with Gasteiger partial charge in [0.15, 0.2) is 17.3 Å². The summed E-state index contributed by atoms with van der Waals surface area (Å²) in [5, 5.41) is 10.8. The molecule has 6 rings (SSSR count). The van der Waals surface area contributed by atoms with E-state index in [-0.39, 0.29) is 30.5 Å². The predicted octanol–water partition coefficient (Wildman–Crippen LogP) is 1.87. The maximum Gasteiger partial charge on any atom is 0.250 e. The van der Waals surface area contributed by atoms with Crippen molar-refractivity contribution in [1.82, 2.24) is 9.47 Å². The molecule has 11 nitrogen and oxygen atoms in total. The maximum atomic E-state index is 12.9. The highest BCUT2D eigenvalue weighted by Gasteiger charge is 2.35. The van der Waals surface area contributed by atoms with Crippen molar-refractivity contribution in [3.63, 3.8) is 0 Å². The molecule has 3 aliphatic heterocycles. The third-order valence-electron chi connectivity index (χ3n) is 7.74. The number of aromatic hydroxyl groups is 1. The number of benzene rings is 1. The lowest BCUT2D eigenvalue weighted by Gasteiger charge is -2.42. The zero-order valence-electron chi connectivity index (χ0n) is 21.4. The minimum atomic E-state index is -0.863. The molecule has 3 aromatic rings. The number of fused-ring (bicyclic) bond motifs is 5. The number of nitrogens with zero attached hydrogens (tertiary/aromatic N) is 2. The molecule has 3 aliphatic rings. The molecular weight excluding hydrogens is 506 g/mol. The average Bonchev–Trinajstić information content (AvgIpc) is 3.38. The largest absolute Gasteiger partial charge is 0.502 e. The Bertz CT molecular complexity index is 1560. The molecule has 0 spiro atoms. The van der Waals surface area contributed by atoms with Crippen LogP contribution < -0.4 is 30.9 Å². The summed E-state index contributed by atoms with van der Waals surface area (Å²) >= 11 is 0. The standard InChI is InChI=1S/C28H29N3O8/c1-36-22-6-16(7-23-28(22)38-14-37-23)19(9-24(29)33)27-26(35)21(32)8-18(39-27)13-30-10-15-5-17(12-30)20-3-2-4-25(34)31(20)11-15/h2-4,6-8,15,17,19,35H,5,9-14H2,1H3,(H2,29,33)/t15-,17+,19+/m1/s1. The molecule has 39 heavy (non-hydrogen) atoms. The second-order valence-electron chi connectivity index (χ2n) is 10.4. The molecule has 11 heteroatoms. The normalized spacial score (nSPS) is 20.3. The van der Waals surface area contributed by atoms with Crippen molar-refractivity contribution < 1.29 is 28.5 Å². The van der Waals surface area contributed by atoms with Gasteiger partial charge in [0.05, 0.1) is 19.6 Å². The Morgan fingerprint density at radius 3 is 2.82 bits per heavy atom. The summed E-state index contributed by atoms with van der Waals surface area (Å²) in [6.07, 6.45) is 0.777. The number of pyridine rings is 1. The van der Waals surface area contributed by atoms with Crippen molar-refractivity contribution in [2.45, 2.75) is 37.8 Å². The number of nitrogens with two attached hydrogens (primary N) is 1. The lowest BCUT2D eigenvalue weighted by molar-refractivity contribution is -0.118. The molecule has 204 valence electrons. The van der Waals surface area contributed by atoms with E-state index in [2.05, 4.69) is 4.90 Å². The van der Waals surface area contributed by atoms with Gasteiger partial charge in [-0.2, -0.15) is 0 Å². The molecule has 3 N–H and O–H groups in total. The van der Waals surface area contributed by atoms with E-state index in [9.17, 15) is 19.5 Å². The van der Waals surface area contributed by atoms with Crippen LogP contribution in [0, 0.1) is 5.92 Å². The smallest absolute Gasteiger partial charge is 0.250 e. The summed E-state index contributed by atoms with van der Waals surface area (Å²) in [6, 6.07) is 9.98. The molecule has 0 unspecified atom stereocenters. The number of hydrogen-bond acceptors (Lipinski definition) is 9. The minimum absolute atomic E-state index is 0.0163. The van der Waals surface area contributed by atoms with E-state index in [1.165, 1.54) is 13.2 Å². The van der Waals surface area contributed by atoms with Crippen LogP contribution in [0.1, 0.15) is 47.5 Å². The average molecular weight is 536 g/mol. The monoisotopic (exact) mass is 535 g/mol. The van der Waals surface area contributed by atoms with Crippen molar-refractivity contribution in [2.75, 3.05) is 27.0 Å². The highest BCUT2D eigenvalue weighted by molar-refractivity contribution is 5.75. The van der Waals surface area contributed by atoms with Gasteiger partial charge in [-0.25, -0.2) is 0 Å². The first-order chi connectivity index (χ1) is 18.8. The SMILES string of the molecule is COc1cc([C@H](CC(N)=O)c2oc(CN3C[C@H]4C[C@@H](C3)c3cccc(=O)n3C4)cc(=O)c2O)cc2c1OCO2. The predicted molar refractivity (Wildman–Crippen MR) is 138 cm³/mol. The molecule has 0 saturated carbocycles. The van der Waals surface area contributed by atoms with Gasteiger partial charge in [-0.3, -0.25) is 19.3 Å². The number of hydrogen-bond donors (Lipinski definition) is 2. The fourth-order valence-electron chi connectivity index (χ4n) is 6.13. The van der Waals surface area contributed by atoms with E-state index in [0.29, 0.717) is 54.1 Å². The van der Waals surface area contributed by atoms with Crippen molar-refractivity contribution in [1.29, 1.82) is 0 Å². The Morgan fingerprint density at radius 2 is 2.03 bits per heavy atom. The van der Waals surface area contributed by atoms with Gasteiger partial charge in [0.1, 0.15) is 5.76 Å². The zero-order valence-corrected chi connectivity index (χ0v) is 21.4. The van der Waals surface area contributed by atoms with E-state index in [1.54, 1.807) is 24.3 Å². The van der Waals surface area contributed by atoms with Crippen LogP contribution in [0.3, 0.4) is 0 Å². The number of rotatable bonds is 7. The van der Waals surface area contributed by atoms with Crippen molar-refractivity contribution in [3.05, 3.63) is 79.8 Å². The van der Waals surface area contributed by atoms with E-state index in [4.69, 9.17) is 24.4 Å². The third-order valence-corrected chi connectivity index (χ3v) is 7.74. The first kappa shape index (κ1) is 25.1. The Labute approximate surface area is 223 Å². The number of carbonyl (C=O) groups is 1. The van der Waals surface area contributed by atoms with Crippen molar-refractivity contribution in [3.8, 4) is 23.0 Å². The molecule has 1 saturated heterocycles. The quantitative estimate of drug-likeness (QED) is 0.463. The van der Waals surface area contributed by atoms with Crippen LogP contribution in [0.25, 0.3) is 0 Å². The van der Waals surface area contributed by atoms with Gasteiger partial charge < -0.3 is 34.0 Å². The van der Waals surface area contributed by atoms with E-state index >= 15 is 0 Å². The minimum Gasteiger partial charge on any atom is -0.502 e. The van der Waals surface area contributed by atoms with Crippen LogP contribution in [0.5, 0.6) is 23.0 Å². The molecular formula is C28H29N3O8. The number of likely N-dealkylation sites (tertiary alicyclic amines) is 1.